The van der Waals surface area contributed by atoms with Gasteiger partial charge in [0.2, 0.25) is 0 Å². The van der Waals surface area contributed by atoms with E-state index in [1.54, 1.807) is 0 Å². The van der Waals surface area contributed by atoms with Crippen molar-refractivity contribution in [3.8, 4) is 0 Å². The van der Waals surface area contributed by atoms with E-state index in [2.05, 4.69) is 138 Å². The van der Waals surface area contributed by atoms with Gasteiger partial charge in [0.15, 0.2) is 0 Å². The van der Waals surface area contributed by atoms with E-state index in [1.807, 2.05) is 6.20 Å². The summed E-state index contributed by atoms with van der Waals surface area (Å²) in [4.78, 5) is 7.39. The van der Waals surface area contributed by atoms with Gasteiger partial charge in [0.1, 0.15) is 0 Å². The highest BCUT2D eigenvalue weighted by molar-refractivity contribution is 6.30. The van der Waals surface area contributed by atoms with Crippen molar-refractivity contribution >= 4 is 11.6 Å². The Labute approximate surface area is 303 Å². The van der Waals surface area contributed by atoms with Crippen LogP contribution in [-0.4, -0.2) is 34.1 Å². The van der Waals surface area contributed by atoms with Crippen LogP contribution in [0.15, 0.2) is 98.7 Å². The van der Waals surface area contributed by atoms with Crippen LogP contribution in [-0.2, 0) is 19.3 Å². The van der Waals surface area contributed by atoms with Crippen molar-refractivity contribution in [2.75, 3.05) is 13.1 Å². The number of rotatable bonds is 16. The molecule has 2 aromatic carbocycles. The van der Waals surface area contributed by atoms with Crippen LogP contribution in [0, 0.1) is 24.2 Å². The average Bonchev–Trinajstić information content (AvgIpc) is 3.21. The molecular weight excluding hydrogens is 622 g/mol. The molecule has 0 amide bonds. The number of pyridine rings is 1. The standard InChI is InChI=1S/C42H58ClN3.C2H4O/c1-8-15-34(40-38-21-20-37(43)28-33(38)18-19-35-25-31(4)30-45-41(35)40)27-36(29-42(5,6)7)39(26-32-16-12-11-13-17-32)44-22-14-24-46(10-3)23-9-2;1-2-3/h9-13,16-17,20-21,23,25,28,30,34,36,39-40,44H,3,8,14-15,18-19,22,24,26-27,29H2,1-2,4-7H3;2-3H,1H2/b23-9-;. The first-order valence-electron chi connectivity index (χ1n) is 18.3. The minimum absolute atomic E-state index is 0.214. The molecule has 5 heteroatoms. The van der Waals surface area contributed by atoms with Crippen LogP contribution >= 0.6 is 11.6 Å². The lowest BCUT2D eigenvalue weighted by atomic mass is 9.70. The maximum Gasteiger partial charge on any atom is 0.0719 e. The summed E-state index contributed by atoms with van der Waals surface area (Å²) in [6.45, 7) is 22.7. The average molecular weight is 684 g/mol. The maximum absolute atomic E-state index is 7.33. The van der Waals surface area contributed by atoms with Gasteiger partial charge in [0.25, 0.3) is 0 Å². The summed E-state index contributed by atoms with van der Waals surface area (Å²) in [5, 5.41) is 12.3. The number of halogens is 1. The Kier molecular flexibility index (Phi) is 16.7. The lowest BCUT2D eigenvalue weighted by Crippen LogP contribution is -2.42. The third-order valence-corrected chi connectivity index (χ3v) is 9.82. The van der Waals surface area contributed by atoms with Crippen LogP contribution < -0.4 is 5.32 Å². The minimum Gasteiger partial charge on any atom is -0.516 e. The third-order valence-electron chi connectivity index (χ3n) is 9.59. The van der Waals surface area contributed by atoms with E-state index in [9.17, 15) is 0 Å². The molecule has 1 heterocycles. The van der Waals surface area contributed by atoms with Crippen molar-refractivity contribution in [2.24, 2.45) is 17.3 Å². The second-order valence-electron chi connectivity index (χ2n) is 14.9. The molecule has 4 atom stereocenters. The highest BCUT2D eigenvalue weighted by Gasteiger charge is 2.36. The van der Waals surface area contributed by atoms with Crippen LogP contribution in [0.5, 0.6) is 0 Å². The van der Waals surface area contributed by atoms with Gasteiger partial charge in [-0.1, -0.05) is 107 Å². The minimum atomic E-state index is 0.214. The van der Waals surface area contributed by atoms with Gasteiger partial charge >= 0.3 is 0 Å². The van der Waals surface area contributed by atoms with Crippen LogP contribution in [0.4, 0.5) is 0 Å². The van der Waals surface area contributed by atoms with Crippen molar-refractivity contribution in [2.45, 2.75) is 105 Å². The molecule has 49 heavy (non-hydrogen) atoms. The van der Waals surface area contributed by atoms with E-state index >= 15 is 0 Å². The van der Waals surface area contributed by atoms with Gasteiger partial charge in [-0.15, -0.1) is 0 Å². The van der Waals surface area contributed by atoms with Crippen molar-refractivity contribution < 1.29 is 5.11 Å². The van der Waals surface area contributed by atoms with Gasteiger partial charge in [-0.2, -0.15) is 0 Å². The molecule has 266 valence electrons. The molecule has 4 nitrogen and oxygen atoms in total. The number of nitrogens with zero attached hydrogens (tertiary/aromatic N) is 2. The van der Waals surface area contributed by atoms with E-state index < -0.39 is 0 Å². The number of benzene rings is 2. The highest BCUT2D eigenvalue weighted by atomic mass is 35.5. The molecule has 2 N–H and O–H groups in total. The van der Waals surface area contributed by atoms with Crippen LogP contribution in [0.3, 0.4) is 0 Å². The molecule has 0 saturated carbocycles. The molecule has 0 aliphatic heterocycles. The zero-order valence-electron chi connectivity index (χ0n) is 31.1. The molecule has 0 saturated heterocycles. The Morgan fingerprint density at radius 2 is 1.80 bits per heavy atom. The number of aliphatic hydroxyl groups is 1. The molecule has 4 rings (SSSR count). The maximum atomic E-state index is 7.33. The number of aryl methyl sites for hydroxylation is 3. The summed E-state index contributed by atoms with van der Waals surface area (Å²) in [6.07, 6.45) is 17.7. The number of aliphatic hydroxyl groups excluding tert-OH is 1. The van der Waals surface area contributed by atoms with Gasteiger partial charge in [-0.25, -0.2) is 0 Å². The molecule has 1 aliphatic carbocycles. The summed E-state index contributed by atoms with van der Waals surface area (Å²) in [5.74, 6) is 1.26. The van der Waals surface area contributed by atoms with E-state index in [4.69, 9.17) is 21.7 Å². The number of aromatic nitrogens is 1. The lowest BCUT2D eigenvalue weighted by Gasteiger charge is -2.38. The Hall–Kier alpha value is -3.34. The summed E-state index contributed by atoms with van der Waals surface area (Å²) >= 11 is 6.60. The van der Waals surface area contributed by atoms with Crippen LogP contribution in [0.2, 0.25) is 5.02 Å². The molecule has 3 aromatic rings. The van der Waals surface area contributed by atoms with Gasteiger partial charge in [-0.05, 0) is 135 Å². The second-order valence-corrected chi connectivity index (χ2v) is 15.3. The van der Waals surface area contributed by atoms with E-state index in [-0.39, 0.29) is 11.3 Å². The van der Waals surface area contributed by atoms with Crippen molar-refractivity contribution in [1.29, 1.82) is 0 Å². The molecule has 0 fully saturated rings. The van der Waals surface area contributed by atoms with Crippen molar-refractivity contribution in [3.63, 3.8) is 0 Å². The molecule has 1 aromatic heterocycles. The first-order valence-corrected chi connectivity index (χ1v) is 18.7. The largest absolute Gasteiger partial charge is 0.516 e. The number of fused-ring (bicyclic) bond motifs is 2. The summed E-state index contributed by atoms with van der Waals surface area (Å²) in [7, 11) is 0. The molecule has 0 spiro atoms. The first-order chi connectivity index (χ1) is 23.5. The van der Waals surface area contributed by atoms with Gasteiger partial charge in [0, 0.05) is 29.7 Å². The van der Waals surface area contributed by atoms with E-state index in [0.717, 1.165) is 62.9 Å². The molecule has 0 bridgehead atoms. The van der Waals surface area contributed by atoms with Crippen molar-refractivity contribution in [1.82, 2.24) is 15.2 Å². The normalized spacial score (nSPS) is 15.9. The Balaban J connectivity index is 0.00000209. The van der Waals surface area contributed by atoms with Crippen LogP contribution in [0.25, 0.3) is 0 Å². The Morgan fingerprint density at radius 1 is 1.08 bits per heavy atom. The second kappa shape index (κ2) is 20.4. The third kappa shape index (κ3) is 12.8. The predicted molar refractivity (Wildman–Crippen MR) is 211 cm³/mol. The fraction of sp³-hybridized carbons (Fsp3) is 0.477. The fourth-order valence-electron chi connectivity index (χ4n) is 7.71. The summed E-state index contributed by atoms with van der Waals surface area (Å²) in [5.41, 5.74) is 8.41. The van der Waals surface area contributed by atoms with E-state index in [1.165, 1.54) is 46.4 Å². The highest BCUT2D eigenvalue weighted by Crippen LogP contribution is 2.45. The van der Waals surface area contributed by atoms with Crippen LogP contribution in [0.1, 0.15) is 106 Å². The topological polar surface area (TPSA) is 48.4 Å². The monoisotopic (exact) mass is 683 g/mol. The quantitative estimate of drug-likeness (QED) is 0.116. The molecule has 1 aliphatic rings. The van der Waals surface area contributed by atoms with Gasteiger partial charge < -0.3 is 15.3 Å². The summed E-state index contributed by atoms with van der Waals surface area (Å²) < 4.78 is 0. The summed E-state index contributed by atoms with van der Waals surface area (Å²) in [6, 6.07) is 20.5. The number of nitrogens with one attached hydrogen (secondary N) is 1. The van der Waals surface area contributed by atoms with Gasteiger partial charge in [0.05, 0.1) is 12.0 Å². The predicted octanol–water partition coefficient (Wildman–Crippen LogP) is 11.4. The molecular formula is C44H62ClN3O. The first kappa shape index (κ1) is 40.1. The van der Waals surface area contributed by atoms with Gasteiger partial charge in [-0.3, -0.25) is 4.98 Å². The lowest BCUT2D eigenvalue weighted by molar-refractivity contribution is 0.189. The number of hydrogen-bond donors (Lipinski definition) is 2. The Bertz CT molecular complexity index is 1410. The number of hydrogen-bond acceptors (Lipinski definition) is 4. The zero-order chi connectivity index (χ0) is 35.8. The van der Waals surface area contributed by atoms with Crippen molar-refractivity contribution in [3.05, 3.63) is 137 Å². The Morgan fingerprint density at radius 3 is 2.45 bits per heavy atom. The zero-order valence-corrected chi connectivity index (χ0v) is 31.9. The fourth-order valence-corrected chi connectivity index (χ4v) is 7.90. The smallest absolute Gasteiger partial charge is 0.0719 e. The number of allylic oxidation sites excluding steroid dienone is 1. The van der Waals surface area contributed by atoms with E-state index in [0.29, 0.717) is 17.9 Å². The SMILES string of the molecule is C=CN(/C=C\C)CCCNC(Cc1ccccc1)C(CC(CCC)C1c2ccc(Cl)cc2CCc2cc(C)cnc21)CC(C)(C)C.C=CO. The molecule has 4 unspecified atom stereocenters. The molecule has 0 radical (unpaired) electrons.